The van der Waals surface area contributed by atoms with Gasteiger partial charge < -0.3 is 9.73 Å². The molecule has 0 aliphatic rings. The van der Waals surface area contributed by atoms with Crippen LogP contribution in [-0.2, 0) is 16.4 Å². The maximum atomic E-state index is 13.6. The van der Waals surface area contributed by atoms with E-state index in [4.69, 9.17) is 4.42 Å². The van der Waals surface area contributed by atoms with Crippen molar-refractivity contribution < 1.29 is 22.0 Å². The van der Waals surface area contributed by atoms with E-state index in [9.17, 15) is 17.6 Å². The minimum Gasteiger partial charge on any atom is -0.449 e. The Hall–Kier alpha value is -3.59. The minimum atomic E-state index is -3.90. The van der Waals surface area contributed by atoms with Gasteiger partial charge in [0, 0.05) is 17.8 Å². The van der Waals surface area contributed by atoms with Crippen molar-refractivity contribution in [3.05, 3.63) is 83.9 Å². The monoisotopic (exact) mass is 425 g/mol. The Bertz CT molecular complexity index is 1300. The van der Waals surface area contributed by atoms with Crippen molar-refractivity contribution in [3.8, 4) is 0 Å². The zero-order chi connectivity index (χ0) is 21.3. The SMILES string of the molecule is Cc1cc(F)cc(S(=O)(=O)c2ccc(CNC(=O)c3cc4ccncc4o3)nc2)c1. The molecule has 1 amide bonds. The summed E-state index contributed by atoms with van der Waals surface area (Å²) in [5.74, 6) is -0.916. The van der Waals surface area contributed by atoms with Crippen molar-refractivity contribution in [2.45, 2.75) is 23.3 Å². The summed E-state index contributed by atoms with van der Waals surface area (Å²) >= 11 is 0. The van der Waals surface area contributed by atoms with Gasteiger partial charge in [-0.25, -0.2) is 12.8 Å². The molecule has 0 fully saturated rings. The van der Waals surface area contributed by atoms with E-state index in [2.05, 4.69) is 15.3 Å². The first-order chi connectivity index (χ1) is 14.3. The molecular formula is C21H16FN3O4S. The molecule has 0 atom stereocenters. The number of pyridine rings is 2. The van der Waals surface area contributed by atoms with Gasteiger partial charge in [0.05, 0.1) is 28.2 Å². The number of amides is 1. The molecule has 4 rings (SSSR count). The number of aryl methyl sites for hydroxylation is 1. The van der Waals surface area contributed by atoms with E-state index in [-0.39, 0.29) is 22.1 Å². The number of hydrogen-bond acceptors (Lipinski definition) is 6. The van der Waals surface area contributed by atoms with Gasteiger partial charge in [0.2, 0.25) is 9.84 Å². The van der Waals surface area contributed by atoms with Crippen LogP contribution in [0.3, 0.4) is 0 Å². The quantitative estimate of drug-likeness (QED) is 0.526. The number of nitrogens with zero attached hydrogens (tertiary/aromatic N) is 2. The molecule has 4 aromatic rings. The van der Waals surface area contributed by atoms with Crippen molar-refractivity contribution in [3.63, 3.8) is 0 Å². The van der Waals surface area contributed by atoms with E-state index in [1.54, 1.807) is 25.3 Å². The van der Waals surface area contributed by atoms with Crippen molar-refractivity contribution >= 4 is 26.7 Å². The molecule has 1 aromatic carbocycles. The lowest BCUT2D eigenvalue weighted by Crippen LogP contribution is -2.22. The summed E-state index contributed by atoms with van der Waals surface area (Å²) in [4.78, 5) is 20.1. The summed E-state index contributed by atoms with van der Waals surface area (Å²) in [6, 6.07) is 9.82. The van der Waals surface area contributed by atoms with Gasteiger partial charge in [0.1, 0.15) is 5.82 Å². The highest BCUT2D eigenvalue weighted by Crippen LogP contribution is 2.22. The molecule has 0 saturated carbocycles. The number of rotatable bonds is 5. The molecule has 0 bridgehead atoms. The van der Waals surface area contributed by atoms with E-state index >= 15 is 0 Å². The Morgan fingerprint density at radius 3 is 2.63 bits per heavy atom. The average molecular weight is 425 g/mol. The molecular weight excluding hydrogens is 409 g/mol. The summed E-state index contributed by atoms with van der Waals surface area (Å²) in [6.45, 7) is 1.69. The number of furan rings is 1. The Labute approximate surface area is 171 Å². The summed E-state index contributed by atoms with van der Waals surface area (Å²) in [7, 11) is -3.90. The van der Waals surface area contributed by atoms with Gasteiger partial charge in [0.25, 0.3) is 5.91 Å². The number of nitrogens with one attached hydrogen (secondary N) is 1. The standard InChI is InChI=1S/C21H16FN3O4S/c1-13-6-15(22)9-18(7-13)30(27,28)17-3-2-16(24-11-17)10-25-21(26)19-8-14-4-5-23-12-20(14)29-19/h2-9,11-12H,10H2,1H3,(H,25,26). The summed E-state index contributed by atoms with van der Waals surface area (Å²) in [6.07, 6.45) is 4.31. The van der Waals surface area contributed by atoms with Crippen LogP contribution in [0.25, 0.3) is 11.0 Å². The predicted molar refractivity (Wildman–Crippen MR) is 106 cm³/mol. The number of carbonyl (C=O) groups excluding carboxylic acids is 1. The van der Waals surface area contributed by atoms with E-state index in [1.807, 2.05) is 0 Å². The van der Waals surface area contributed by atoms with E-state index in [1.165, 1.54) is 36.7 Å². The third-order valence-corrected chi connectivity index (χ3v) is 6.13. The van der Waals surface area contributed by atoms with Gasteiger partial charge in [-0.3, -0.25) is 14.8 Å². The Morgan fingerprint density at radius 1 is 1.10 bits per heavy atom. The average Bonchev–Trinajstić information content (AvgIpc) is 3.16. The second kappa shape index (κ2) is 7.68. The van der Waals surface area contributed by atoms with Crippen LogP contribution in [0.2, 0.25) is 0 Å². The molecule has 7 nitrogen and oxygen atoms in total. The first-order valence-corrected chi connectivity index (χ1v) is 10.4. The van der Waals surface area contributed by atoms with Crippen LogP contribution in [0.4, 0.5) is 4.39 Å². The summed E-state index contributed by atoms with van der Waals surface area (Å²) in [5, 5.41) is 3.43. The van der Waals surface area contributed by atoms with Gasteiger partial charge >= 0.3 is 0 Å². The van der Waals surface area contributed by atoms with Crippen LogP contribution in [0.15, 0.2) is 75.3 Å². The van der Waals surface area contributed by atoms with Crippen LogP contribution in [0.1, 0.15) is 21.8 Å². The summed E-state index contributed by atoms with van der Waals surface area (Å²) in [5.41, 5.74) is 1.46. The molecule has 0 aliphatic heterocycles. The van der Waals surface area contributed by atoms with E-state index < -0.39 is 21.6 Å². The van der Waals surface area contributed by atoms with Crippen LogP contribution >= 0.6 is 0 Å². The first kappa shape index (κ1) is 19.7. The van der Waals surface area contributed by atoms with Crippen LogP contribution < -0.4 is 5.32 Å². The first-order valence-electron chi connectivity index (χ1n) is 8.92. The van der Waals surface area contributed by atoms with Crippen LogP contribution in [0.5, 0.6) is 0 Å². The molecule has 1 N–H and O–H groups in total. The highest BCUT2D eigenvalue weighted by molar-refractivity contribution is 7.91. The van der Waals surface area contributed by atoms with Crippen molar-refractivity contribution in [2.24, 2.45) is 0 Å². The number of aromatic nitrogens is 2. The van der Waals surface area contributed by atoms with Gasteiger partial charge in [-0.2, -0.15) is 0 Å². The summed E-state index contributed by atoms with van der Waals surface area (Å²) < 4.78 is 44.4. The maximum absolute atomic E-state index is 13.6. The third kappa shape index (κ3) is 3.92. The lowest BCUT2D eigenvalue weighted by molar-refractivity contribution is 0.0925. The van der Waals surface area contributed by atoms with Crippen LogP contribution in [-0.4, -0.2) is 24.3 Å². The Morgan fingerprint density at radius 2 is 1.93 bits per heavy atom. The molecule has 3 heterocycles. The van der Waals surface area contributed by atoms with E-state index in [0.29, 0.717) is 16.8 Å². The van der Waals surface area contributed by atoms with Gasteiger partial charge in [-0.15, -0.1) is 0 Å². The van der Waals surface area contributed by atoms with Gasteiger partial charge in [-0.1, -0.05) is 0 Å². The molecule has 0 aliphatic carbocycles. The van der Waals surface area contributed by atoms with Crippen molar-refractivity contribution in [1.29, 1.82) is 0 Å². The van der Waals surface area contributed by atoms with Crippen LogP contribution in [0, 0.1) is 12.7 Å². The molecule has 9 heteroatoms. The van der Waals surface area contributed by atoms with Gasteiger partial charge in [-0.05, 0) is 55.0 Å². The number of carbonyl (C=O) groups is 1. The Kier molecular flexibility index (Phi) is 5.04. The molecule has 0 spiro atoms. The highest BCUT2D eigenvalue weighted by Gasteiger charge is 2.19. The molecule has 152 valence electrons. The molecule has 3 aromatic heterocycles. The fourth-order valence-electron chi connectivity index (χ4n) is 2.92. The van der Waals surface area contributed by atoms with Crippen molar-refractivity contribution in [1.82, 2.24) is 15.3 Å². The second-order valence-corrected chi connectivity index (χ2v) is 8.61. The van der Waals surface area contributed by atoms with Gasteiger partial charge in [0.15, 0.2) is 11.3 Å². The number of fused-ring (bicyclic) bond motifs is 1. The molecule has 30 heavy (non-hydrogen) atoms. The number of sulfone groups is 1. The fourth-order valence-corrected chi connectivity index (χ4v) is 4.24. The number of benzene rings is 1. The lowest BCUT2D eigenvalue weighted by Gasteiger charge is -2.07. The second-order valence-electron chi connectivity index (χ2n) is 6.66. The zero-order valence-electron chi connectivity index (χ0n) is 15.8. The largest absolute Gasteiger partial charge is 0.449 e. The normalized spacial score (nSPS) is 11.5. The number of hydrogen-bond donors (Lipinski definition) is 1. The predicted octanol–water partition coefficient (Wildman–Crippen LogP) is 3.43. The maximum Gasteiger partial charge on any atom is 0.287 e. The topological polar surface area (TPSA) is 102 Å². The minimum absolute atomic E-state index is 0.0626. The third-order valence-electron chi connectivity index (χ3n) is 4.41. The number of halogens is 1. The molecule has 0 unspecified atom stereocenters. The van der Waals surface area contributed by atoms with Crippen molar-refractivity contribution in [2.75, 3.05) is 0 Å². The molecule has 0 saturated heterocycles. The highest BCUT2D eigenvalue weighted by atomic mass is 32.2. The fraction of sp³-hybridized carbons (Fsp3) is 0.0952. The Balaban J connectivity index is 1.47. The lowest BCUT2D eigenvalue weighted by atomic mass is 10.2. The molecule has 0 radical (unpaired) electrons. The van der Waals surface area contributed by atoms with E-state index in [0.717, 1.165) is 11.5 Å². The smallest absolute Gasteiger partial charge is 0.287 e. The zero-order valence-corrected chi connectivity index (χ0v) is 16.6.